The molecule has 122 valence electrons. The van der Waals surface area contributed by atoms with Crippen molar-refractivity contribution in [1.29, 1.82) is 0 Å². The Bertz CT molecular complexity index is 334. The summed E-state index contributed by atoms with van der Waals surface area (Å²) in [5.74, 6) is -0.710. The van der Waals surface area contributed by atoms with Gasteiger partial charge in [0, 0.05) is 6.42 Å². The van der Waals surface area contributed by atoms with E-state index in [2.05, 4.69) is 59.9 Å². The Morgan fingerprint density at radius 1 is 0.762 bits per heavy atom. The van der Waals surface area contributed by atoms with Gasteiger partial charge in [0.25, 0.3) is 0 Å². The lowest BCUT2D eigenvalue weighted by molar-refractivity contribution is -0.137. The molecule has 0 radical (unpaired) electrons. The molecule has 0 aromatic rings. The molecular formula is C16H25Br3O2. The summed E-state index contributed by atoms with van der Waals surface area (Å²) in [6.07, 6.45) is 16.0. The standard InChI is InChI=1S/C16H25Br3O2/c17-14(11-8-9-13-16(20)21)10-6-4-2-1-3-5-7-12-15(18)19/h11-12H,1-10,13H2,(H,20,21)/b14-11+. The van der Waals surface area contributed by atoms with Crippen LogP contribution in [0.25, 0.3) is 0 Å². The van der Waals surface area contributed by atoms with Crippen LogP contribution in [0.4, 0.5) is 0 Å². The molecule has 0 unspecified atom stereocenters. The molecule has 0 saturated carbocycles. The summed E-state index contributed by atoms with van der Waals surface area (Å²) >= 11 is 10.3. The summed E-state index contributed by atoms with van der Waals surface area (Å²) in [7, 11) is 0. The number of carboxylic acids is 1. The SMILES string of the molecule is O=C(O)CCC/C=C(/Br)CCCCCCCCC=C(Br)Br. The molecule has 0 heterocycles. The zero-order valence-corrected chi connectivity index (χ0v) is 17.2. The van der Waals surface area contributed by atoms with Crippen molar-refractivity contribution < 1.29 is 9.90 Å². The van der Waals surface area contributed by atoms with Crippen LogP contribution in [-0.2, 0) is 4.79 Å². The van der Waals surface area contributed by atoms with E-state index in [9.17, 15) is 4.79 Å². The second-order valence-electron chi connectivity index (χ2n) is 5.09. The van der Waals surface area contributed by atoms with Crippen LogP contribution in [0.2, 0.25) is 0 Å². The van der Waals surface area contributed by atoms with Crippen LogP contribution in [0.3, 0.4) is 0 Å². The first-order chi connectivity index (χ1) is 10.0. The van der Waals surface area contributed by atoms with Crippen LogP contribution in [0.15, 0.2) is 20.0 Å². The normalized spacial score (nSPS) is 11.5. The van der Waals surface area contributed by atoms with Crippen LogP contribution in [0.5, 0.6) is 0 Å². The second-order valence-corrected chi connectivity index (χ2v) is 8.88. The van der Waals surface area contributed by atoms with Crippen molar-refractivity contribution in [2.75, 3.05) is 0 Å². The molecule has 0 atom stereocenters. The summed E-state index contributed by atoms with van der Waals surface area (Å²) in [5, 5.41) is 8.54. The summed E-state index contributed by atoms with van der Waals surface area (Å²) in [4.78, 5) is 10.4. The second kappa shape index (κ2) is 15.3. The van der Waals surface area contributed by atoms with Crippen LogP contribution >= 0.6 is 47.8 Å². The highest BCUT2D eigenvalue weighted by Crippen LogP contribution is 2.19. The fourth-order valence-corrected chi connectivity index (χ4v) is 2.94. The molecule has 0 amide bonds. The van der Waals surface area contributed by atoms with Gasteiger partial charge in [0.2, 0.25) is 0 Å². The van der Waals surface area contributed by atoms with Crippen LogP contribution < -0.4 is 0 Å². The summed E-state index contributed by atoms with van der Waals surface area (Å²) < 4.78 is 2.27. The average molecular weight is 489 g/mol. The third-order valence-electron chi connectivity index (χ3n) is 3.13. The van der Waals surface area contributed by atoms with Crippen molar-refractivity contribution in [3.05, 3.63) is 20.0 Å². The van der Waals surface area contributed by atoms with E-state index in [4.69, 9.17) is 5.11 Å². The van der Waals surface area contributed by atoms with Gasteiger partial charge in [-0.05, 0) is 74.9 Å². The van der Waals surface area contributed by atoms with Gasteiger partial charge in [-0.15, -0.1) is 0 Å². The number of hydrogen-bond acceptors (Lipinski definition) is 1. The van der Waals surface area contributed by atoms with Crippen molar-refractivity contribution in [3.8, 4) is 0 Å². The van der Waals surface area contributed by atoms with Gasteiger partial charge in [0.1, 0.15) is 0 Å². The Morgan fingerprint density at radius 2 is 1.33 bits per heavy atom. The van der Waals surface area contributed by atoms with Gasteiger partial charge in [-0.2, -0.15) is 0 Å². The van der Waals surface area contributed by atoms with Gasteiger partial charge in [-0.3, -0.25) is 4.79 Å². The zero-order chi connectivity index (χ0) is 15.9. The maximum absolute atomic E-state index is 10.4. The number of unbranched alkanes of at least 4 members (excludes halogenated alkanes) is 7. The lowest BCUT2D eigenvalue weighted by atomic mass is 10.1. The fraction of sp³-hybridized carbons (Fsp3) is 0.688. The number of allylic oxidation sites excluding steroid dienone is 3. The Labute approximate surface area is 153 Å². The molecule has 0 aliphatic rings. The van der Waals surface area contributed by atoms with E-state index in [0.717, 1.165) is 29.1 Å². The van der Waals surface area contributed by atoms with E-state index >= 15 is 0 Å². The maximum Gasteiger partial charge on any atom is 0.303 e. The third kappa shape index (κ3) is 18.3. The Hall–Kier alpha value is 0.390. The molecular weight excluding hydrogens is 464 g/mol. The minimum absolute atomic E-state index is 0.262. The van der Waals surface area contributed by atoms with Gasteiger partial charge in [0.05, 0.1) is 3.39 Å². The lowest BCUT2D eigenvalue weighted by Gasteiger charge is -2.02. The monoisotopic (exact) mass is 486 g/mol. The van der Waals surface area contributed by atoms with Crippen molar-refractivity contribution in [3.63, 3.8) is 0 Å². The van der Waals surface area contributed by atoms with E-state index in [1.165, 1.54) is 43.0 Å². The molecule has 2 nitrogen and oxygen atoms in total. The first-order valence-corrected chi connectivity index (χ1v) is 9.97. The van der Waals surface area contributed by atoms with Crippen molar-refractivity contribution in [2.24, 2.45) is 0 Å². The Balaban J connectivity index is 3.35. The van der Waals surface area contributed by atoms with Crippen LogP contribution in [-0.4, -0.2) is 11.1 Å². The first kappa shape index (κ1) is 21.4. The van der Waals surface area contributed by atoms with E-state index < -0.39 is 5.97 Å². The van der Waals surface area contributed by atoms with E-state index in [1.54, 1.807) is 0 Å². The molecule has 0 aromatic carbocycles. The van der Waals surface area contributed by atoms with E-state index in [1.807, 2.05) is 0 Å². The molecule has 0 bridgehead atoms. The first-order valence-electron chi connectivity index (χ1n) is 7.60. The van der Waals surface area contributed by atoms with E-state index in [-0.39, 0.29) is 6.42 Å². The van der Waals surface area contributed by atoms with Gasteiger partial charge < -0.3 is 5.11 Å². The zero-order valence-electron chi connectivity index (χ0n) is 12.4. The van der Waals surface area contributed by atoms with Crippen LogP contribution in [0.1, 0.15) is 70.6 Å². The van der Waals surface area contributed by atoms with Gasteiger partial charge in [0.15, 0.2) is 0 Å². The highest BCUT2D eigenvalue weighted by molar-refractivity contribution is 9.28. The molecule has 0 saturated heterocycles. The minimum atomic E-state index is -0.710. The highest BCUT2D eigenvalue weighted by Gasteiger charge is 1.97. The Morgan fingerprint density at radius 3 is 1.95 bits per heavy atom. The summed E-state index contributed by atoms with van der Waals surface area (Å²) in [6.45, 7) is 0. The fourth-order valence-electron chi connectivity index (χ4n) is 1.97. The quantitative estimate of drug-likeness (QED) is 0.277. The summed E-state index contributed by atoms with van der Waals surface area (Å²) in [5.41, 5.74) is 0. The predicted molar refractivity (Wildman–Crippen MR) is 101 cm³/mol. The van der Waals surface area contributed by atoms with Gasteiger partial charge in [-0.1, -0.05) is 53.8 Å². The average Bonchev–Trinajstić information content (AvgIpc) is 2.41. The minimum Gasteiger partial charge on any atom is -0.481 e. The molecule has 0 fully saturated rings. The third-order valence-corrected chi connectivity index (χ3v) is 4.50. The van der Waals surface area contributed by atoms with Crippen molar-refractivity contribution in [1.82, 2.24) is 0 Å². The molecule has 0 aliphatic carbocycles. The maximum atomic E-state index is 10.4. The lowest BCUT2D eigenvalue weighted by Crippen LogP contribution is -1.92. The van der Waals surface area contributed by atoms with Crippen LogP contribution in [0, 0.1) is 0 Å². The topological polar surface area (TPSA) is 37.3 Å². The molecule has 5 heteroatoms. The number of carbonyl (C=O) groups is 1. The number of hydrogen-bond donors (Lipinski definition) is 1. The number of aliphatic carboxylic acids is 1. The molecule has 0 aliphatic heterocycles. The van der Waals surface area contributed by atoms with Gasteiger partial charge >= 0.3 is 5.97 Å². The molecule has 0 rings (SSSR count). The molecule has 0 aromatic heterocycles. The largest absolute Gasteiger partial charge is 0.481 e. The summed E-state index contributed by atoms with van der Waals surface area (Å²) in [6, 6.07) is 0. The highest BCUT2D eigenvalue weighted by atomic mass is 79.9. The smallest absolute Gasteiger partial charge is 0.303 e. The van der Waals surface area contributed by atoms with E-state index in [0.29, 0.717) is 0 Å². The number of halogens is 3. The number of carboxylic acid groups (broad SMARTS) is 1. The molecule has 21 heavy (non-hydrogen) atoms. The number of rotatable bonds is 13. The molecule has 1 N–H and O–H groups in total. The Kier molecular flexibility index (Phi) is 15.6. The van der Waals surface area contributed by atoms with Gasteiger partial charge in [-0.25, -0.2) is 0 Å². The predicted octanol–water partition coefficient (Wildman–Crippen LogP) is 7.27. The van der Waals surface area contributed by atoms with Crippen molar-refractivity contribution >= 4 is 53.8 Å². The van der Waals surface area contributed by atoms with Crippen molar-refractivity contribution in [2.45, 2.75) is 70.6 Å². The molecule has 0 spiro atoms.